The lowest BCUT2D eigenvalue weighted by Gasteiger charge is -2.30. The van der Waals surface area contributed by atoms with Crippen molar-refractivity contribution in [2.24, 2.45) is 11.8 Å². The second-order valence-electron chi connectivity index (χ2n) is 7.28. The van der Waals surface area contributed by atoms with Crippen molar-refractivity contribution < 1.29 is 27.4 Å². The number of nitrogens with zero attached hydrogens (tertiary/aromatic N) is 1. The van der Waals surface area contributed by atoms with Crippen LogP contribution in [0, 0.1) is 11.8 Å². The van der Waals surface area contributed by atoms with E-state index in [4.69, 9.17) is 9.47 Å². The van der Waals surface area contributed by atoms with Gasteiger partial charge in [-0.1, -0.05) is 30.3 Å². The largest absolute Gasteiger partial charge is 0.496 e. The second kappa shape index (κ2) is 7.59. The zero-order chi connectivity index (χ0) is 20.6. The number of rotatable bonds is 4. The Balaban J connectivity index is 1.66. The van der Waals surface area contributed by atoms with E-state index in [1.807, 2.05) is 42.5 Å². The van der Waals surface area contributed by atoms with Gasteiger partial charge in [0, 0.05) is 42.9 Å². The number of ether oxygens (including phenoxy) is 2. The van der Waals surface area contributed by atoms with Crippen molar-refractivity contribution in [2.75, 3.05) is 31.6 Å². The van der Waals surface area contributed by atoms with Gasteiger partial charge in [0.1, 0.15) is 5.75 Å². The number of esters is 1. The maximum atomic E-state index is 12.8. The first-order chi connectivity index (χ1) is 13.9. The SMILES string of the molecule is COc1cc(N2CC3CNCC3C2OC(=O)C(F)(F)F)ccc1-c1ccccc1. The molecule has 2 aliphatic heterocycles. The molecule has 2 heterocycles. The summed E-state index contributed by atoms with van der Waals surface area (Å²) in [5.41, 5.74) is 2.51. The first kappa shape index (κ1) is 19.6. The van der Waals surface area contributed by atoms with Crippen LogP contribution >= 0.6 is 0 Å². The van der Waals surface area contributed by atoms with Gasteiger partial charge in [0.05, 0.1) is 7.11 Å². The zero-order valence-corrected chi connectivity index (χ0v) is 15.8. The van der Waals surface area contributed by atoms with Crippen LogP contribution in [0.3, 0.4) is 0 Å². The number of hydrogen-bond acceptors (Lipinski definition) is 5. The molecule has 3 unspecified atom stereocenters. The molecule has 1 N–H and O–H groups in total. The maximum Gasteiger partial charge on any atom is 0.491 e. The zero-order valence-electron chi connectivity index (χ0n) is 15.8. The molecule has 0 spiro atoms. The third kappa shape index (κ3) is 3.76. The predicted octanol–water partition coefficient (Wildman–Crippen LogP) is 3.45. The highest BCUT2D eigenvalue weighted by atomic mass is 19.4. The van der Waals surface area contributed by atoms with Crippen molar-refractivity contribution >= 4 is 11.7 Å². The van der Waals surface area contributed by atoms with Crippen molar-refractivity contribution in [2.45, 2.75) is 12.4 Å². The molecule has 3 atom stereocenters. The monoisotopic (exact) mass is 406 g/mol. The highest BCUT2D eigenvalue weighted by Gasteiger charge is 2.50. The van der Waals surface area contributed by atoms with Crippen LogP contribution < -0.4 is 15.0 Å². The Morgan fingerprint density at radius 2 is 1.90 bits per heavy atom. The van der Waals surface area contributed by atoms with Gasteiger partial charge in [-0.25, -0.2) is 4.79 Å². The number of hydrogen-bond donors (Lipinski definition) is 1. The average molecular weight is 406 g/mol. The van der Waals surface area contributed by atoms with Gasteiger partial charge in [0.2, 0.25) is 0 Å². The molecule has 0 bridgehead atoms. The van der Waals surface area contributed by atoms with E-state index in [0.29, 0.717) is 31.1 Å². The average Bonchev–Trinajstić information content (AvgIpc) is 3.30. The number of alkyl halides is 3. The Bertz CT molecular complexity index is 888. The van der Waals surface area contributed by atoms with Gasteiger partial charge in [-0.3, -0.25) is 0 Å². The van der Waals surface area contributed by atoms with E-state index in [0.717, 1.165) is 11.1 Å². The van der Waals surface area contributed by atoms with Crippen molar-refractivity contribution in [3.63, 3.8) is 0 Å². The Morgan fingerprint density at radius 1 is 1.14 bits per heavy atom. The van der Waals surface area contributed by atoms with Crippen LogP contribution in [0.4, 0.5) is 18.9 Å². The summed E-state index contributed by atoms with van der Waals surface area (Å²) in [5, 5.41) is 3.17. The van der Waals surface area contributed by atoms with Crippen LogP contribution in [-0.2, 0) is 9.53 Å². The first-order valence-corrected chi connectivity index (χ1v) is 9.37. The van der Waals surface area contributed by atoms with Gasteiger partial charge in [-0.05, 0) is 23.6 Å². The normalized spacial score (nSPS) is 23.7. The smallest absolute Gasteiger partial charge is 0.491 e. The van der Waals surface area contributed by atoms with Crippen molar-refractivity contribution in [3.8, 4) is 16.9 Å². The molecule has 2 aliphatic rings. The minimum atomic E-state index is -5.02. The van der Waals surface area contributed by atoms with Gasteiger partial charge < -0.3 is 19.7 Å². The molecule has 0 amide bonds. The summed E-state index contributed by atoms with van der Waals surface area (Å²) in [6.45, 7) is 1.69. The molecule has 8 heteroatoms. The summed E-state index contributed by atoms with van der Waals surface area (Å²) in [6.07, 6.45) is -6.00. The molecule has 0 aliphatic carbocycles. The van der Waals surface area contributed by atoms with Crippen LogP contribution in [0.2, 0.25) is 0 Å². The number of anilines is 1. The highest BCUT2D eigenvalue weighted by Crippen LogP contribution is 2.40. The maximum absolute atomic E-state index is 12.8. The fraction of sp³-hybridized carbons (Fsp3) is 0.381. The van der Waals surface area contributed by atoms with E-state index in [1.165, 1.54) is 0 Å². The van der Waals surface area contributed by atoms with E-state index < -0.39 is 18.4 Å². The molecule has 2 aromatic rings. The summed E-state index contributed by atoms with van der Waals surface area (Å²) in [5.74, 6) is -1.64. The quantitative estimate of drug-likeness (QED) is 0.789. The van der Waals surface area contributed by atoms with Gasteiger partial charge in [-0.15, -0.1) is 0 Å². The van der Waals surface area contributed by atoms with Crippen LogP contribution in [0.5, 0.6) is 5.75 Å². The van der Waals surface area contributed by atoms with Crippen molar-refractivity contribution in [3.05, 3.63) is 48.5 Å². The summed E-state index contributed by atoms with van der Waals surface area (Å²) >= 11 is 0. The van der Waals surface area contributed by atoms with Gasteiger partial charge in [0.15, 0.2) is 6.23 Å². The number of carbonyl (C=O) groups excluding carboxylic acids is 1. The van der Waals surface area contributed by atoms with Gasteiger partial charge in [-0.2, -0.15) is 13.2 Å². The molecular formula is C21H21F3N2O3. The molecule has 29 heavy (non-hydrogen) atoms. The lowest BCUT2D eigenvalue weighted by atomic mass is 9.99. The summed E-state index contributed by atoms with van der Waals surface area (Å²) in [7, 11) is 1.55. The fourth-order valence-corrected chi connectivity index (χ4v) is 4.17. The van der Waals surface area contributed by atoms with E-state index in [9.17, 15) is 18.0 Å². The molecule has 0 radical (unpaired) electrons. The third-order valence-corrected chi connectivity index (χ3v) is 5.56. The number of nitrogens with one attached hydrogen (secondary N) is 1. The van der Waals surface area contributed by atoms with Crippen LogP contribution in [-0.4, -0.2) is 45.1 Å². The molecule has 2 fully saturated rings. The van der Waals surface area contributed by atoms with Gasteiger partial charge in [0.25, 0.3) is 0 Å². The highest BCUT2D eigenvalue weighted by molar-refractivity contribution is 5.77. The first-order valence-electron chi connectivity index (χ1n) is 9.37. The minimum absolute atomic E-state index is 0.112. The lowest BCUT2D eigenvalue weighted by Crippen LogP contribution is -2.42. The molecule has 0 saturated carbocycles. The Kier molecular flexibility index (Phi) is 5.12. The standard InChI is InChI=1S/C21H21F3N2O3/c1-28-18-9-15(7-8-16(18)13-5-3-2-4-6-13)26-12-14-10-25-11-17(14)19(26)29-20(27)21(22,23)24/h2-9,14,17,19,25H,10-12H2,1H3. The molecule has 2 saturated heterocycles. The second-order valence-corrected chi connectivity index (χ2v) is 7.28. The molecule has 2 aromatic carbocycles. The summed E-state index contributed by atoms with van der Waals surface area (Å²) < 4.78 is 48.9. The van der Waals surface area contributed by atoms with E-state index >= 15 is 0 Å². The molecule has 0 aromatic heterocycles. The summed E-state index contributed by atoms with van der Waals surface area (Å²) in [6, 6.07) is 15.2. The van der Waals surface area contributed by atoms with Gasteiger partial charge >= 0.3 is 12.1 Å². The van der Waals surface area contributed by atoms with E-state index in [2.05, 4.69) is 5.32 Å². The molecular weight excluding hydrogens is 385 g/mol. The molecule has 154 valence electrons. The number of halogens is 3. The van der Waals surface area contributed by atoms with E-state index in [1.54, 1.807) is 18.1 Å². The minimum Gasteiger partial charge on any atom is -0.496 e. The van der Waals surface area contributed by atoms with E-state index in [-0.39, 0.29) is 11.8 Å². The van der Waals surface area contributed by atoms with Crippen LogP contribution in [0.25, 0.3) is 11.1 Å². The Morgan fingerprint density at radius 3 is 2.59 bits per heavy atom. The third-order valence-electron chi connectivity index (χ3n) is 5.56. The predicted molar refractivity (Wildman–Crippen MR) is 102 cm³/mol. The number of carbonyl (C=O) groups is 1. The van der Waals surface area contributed by atoms with Crippen LogP contribution in [0.1, 0.15) is 0 Å². The lowest BCUT2D eigenvalue weighted by molar-refractivity contribution is -0.206. The van der Waals surface area contributed by atoms with Crippen LogP contribution in [0.15, 0.2) is 48.5 Å². The Hall–Kier alpha value is -2.74. The number of fused-ring (bicyclic) bond motifs is 1. The Labute approximate surface area is 166 Å². The number of methoxy groups -OCH3 is 1. The van der Waals surface area contributed by atoms with Crippen molar-refractivity contribution in [1.82, 2.24) is 5.32 Å². The van der Waals surface area contributed by atoms with Crippen molar-refractivity contribution in [1.29, 1.82) is 0 Å². The molecule has 4 rings (SSSR count). The topological polar surface area (TPSA) is 50.8 Å². The number of benzene rings is 2. The fourth-order valence-electron chi connectivity index (χ4n) is 4.17. The molecule has 5 nitrogen and oxygen atoms in total. The summed E-state index contributed by atoms with van der Waals surface area (Å²) in [4.78, 5) is 13.3.